The third kappa shape index (κ3) is 4.97. The van der Waals surface area contributed by atoms with Crippen LogP contribution in [0.25, 0.3) is 0 Å². The van der Waals surface area contributed by atoms with Crippen LogP contribution in [0, 0.1) is 0 Å². The minimum Gasteiger partial charge on any atom is -0.381 e. The van der Waals surface area contributed by atoms with Gasteiger partial charge in [-0.25, -0.2) is 0 Å². The van der Waals surface area contributed by atoms with E-state index >= 15 is 0 Å². The summed E-state index contributed by atoms with van der Waals surface area (Å²) in [4.78, 5) is 0. The Morgan fingerprint density at radius 1 is 1.40 bits per heavy atom. The van der Waals surface area contributed by atoms with E-state index in [0.717, 1.165) is 5.33 Å². The Balaban J connectivity index is 3.55. The topological polar surface area (TPSA) is 18.5 Å². The molecule has 0 rings (SSSR count). The number of rotatable bonds is 5. The van der Waals surface area contributed by atoms with Gasteiger partial charge in [0.15, 0.2) is 0 Å². The van der Waals surface area contributed by atoms with Crippen molar-refractivity contribution in [3.8, 4) is 0 Å². The van der Waals surface area contributed by atoms with E-state index in [1.54, 1.807) is 14.2 Å². The number of alkyl halides is 1. The maximum Gasteiger partial charge on any atom is 0.0681 e. The molecule has 0 atom stereocenters. The average molecular weight is 209 g/mol. The molecule has 0 saturated carbocycles. The van der Waals surface area contributed by atoms with Crippen molar-refractivity contribution in [2.24, 2.45) is 0 Å². The Bertz CT molecular complexity index is 102. The molecule has 0 aromatic carbocycles. The molecule has 0 aromatic rings. The summed E-state index contributed by atoms with van der Waals surface area (Å²) >= 11 is 3.34. The SMILES string of the molecule is COC/C=C(/CBr)COC. The molecule has 0 heterocycles. The van der Waals surface area contributed by atoms with Crippen molar-refractivity contribution in [3.63, 3.8) is 0 Å². The summed E-state index contributed by atoms with van der Waals surface area (Å²) in [7, 11) is 3.36. The summed E-state index contributed by atoms with van der Waals surface area (Å²) in [6.07, 6.45) is 2.01. The molecule has 0 unspecified atom stereocenters. The second kappa shape index (κ2) is 7.25. The van der Waals surface area contributed by atoms with Crippen LogP contribution in [0.1, 0.15) is 0 Å². The average Bonchev–Trinajstić information content (AvgIpc) is 1.98. The number of ether oxygens (including phenoxy) is 2. The van der Waals surface area contributed by atoms with Crippen molar-refractivity contribution in [3.05, 3.63) is 11.6 Å². The Hall–Kier alpha value is 0.140. The van der Waals surface area contributed by atoms with E-state index in [9.17, 15) is 0 Å². The highest BCUT2D eigenvalue weighted by Crippen LogP contribution is 1.99. The zero-order valence-corrected chi connectivity index (χ0v) is 7.98. The second-order valence-electron chi connectivity index (χ2n) is 1.88. The molecular formula is C7H13BrO2. The van der Waals surface area contributed by atoms with Crippen molar-refractivity contribution in [1.82, 2.24) is 0 Å². The summed E-state index contributed by atoms with van der Waals surface area (Å²) in [5.41, 5.74) is 1.21. The normalized spacial score (nSPS) is 12.1. The summed E-state index contributed by atoms with van der Waals surface area (Å²) in [6, 6.07) is 0. The summed E-state index contributed by atoms with van der Waals surface area (Å²) in [5.74, 6) is 0. The minimum absolute atomic E-state index is 0.657. The van der Waals surface area contributed by atoms with Gasteiger partial charge in [0, 0.05) is 19.5 Å². The molecule has 0 aliphatic rings. The van der Waals surface area contributed by atoms with Gasteiger partial charge in [0.25, 0.3) is 0 Å². The van der Waals surface area contributed by atoms with E-state index < -0.39 is 0 Å². The predicted octanol–water partition coefficient (Wildman–Crippen LogP) is 1.60. The first-order valence-corrected chi connectivity index (χ1v) is 4.19. The van der Waals surface area contributed by atoms with Crippen LogP contribution >= 0.6 is 15.9 Å². The van der Waals surface area contributed by atoms with Crippen LogP contribution < -0.4 is 0 Å². The zero-order valence-electron chi connectivity index (χ0n) is 6.39. The van der Waals surface area contributed by atoms with E-state index in [1.807, 2.05) is 6.08 Å². The summed E-state index contributed by atoms with van der Waals surface area (Å²) < 4.78 is 9.81. The number of halogens is 1. The number of hydrogen-bond acceptors (Lipinski definition) is 2. The van der Waals surface area contributed by atoms with Gasteiger partial charge >= 0.3 is 0 Å². The van der Waals surface area contributed by atoms with Gasteiger partial charge in [0.1, 0.15) is 0 Å². The maximum absolute atomic E-state index is 4.94. The fourth-order valence-corrected chi connectivity index (χ4v) is 0.929. The lowest BCUT2D eigenvalue weighted by Gasteiger charge is -2.00. The molecule has 2 nitrogen and oxygen atoms in total. The van der Waals surface area contributed by atoms with Gasteiger partial charge < -0.3 is 9.47 Å². The number of hydrogen-bond donors (Lipinski definition) is 0. The van der Waals surface area contributed by atoms with Crippen LogP contribution in [0.2, 0.25) is 0 Å². The lowest BCUT2D eigenvalue weighted by molar-refractivity contribution is 0.217. The first kappa shape index (κ1) is 10.1. The maximum atomic E-state index is 4.94. The van der Waals surface area contributed by atoms with E-state index in [2.05, 4.69) is 15.9 Å². The standard InChI is InChI=1S/C7H13BrO2/c1-9-4-3-7(5-8)6-10-2/h3H,4-6H2,1-2H3/b7-3-. The molecule has 0 spiro atoms. The Morgan fingerprint density at radius 2 is 2.10 bits per heavy atom. The molecule has 60 valence electrons. The second-order valence-corrected chi connectivity index (χ2v) is 2.45. The molecule has 0 saturated heterocycles. The van der Waals surface area contributed by atoms with Crippen LogP contribution in [0.3, 0.4) is 0 Å². The Labute approximate surface area is 70.3 Å². The molecule has 3 heteroatoms. The molecule has 0 aliphatic heterocycles. The molecule has 0 radical (unpaired) electrons. The van der Waals surface area contributed by atoms with Crippen LogP contribution in [0.5, 0.6) is 0 Å². The molecule has 0 bridgehead atoms. The third-order valence-corrected chi connectivity index (χ3v) is 1.76. The predicted molar refractivity (Wildman–Crippen MR) is 45.6 cm³/mol. The van der Waals surface area contributed by atoms with Crippen molar-refractivity contribution in [1.29, 1.82) is 0 Å². The molecule has 0 aliphatic carbocycles. The highest BCUT2D eigenvalue weighted by atomic mass is 79.9. The minimum atomic E-state index is 0.657. The highest BCUT2D eigenvalue weighted by Gasteiger charge is 1.91. The zero-order chi connectivity index (χ0) is 7.82. The van der Waals surface area contributed by atoms with Gasteiger partial charge in [0.05, 0.1) is 13.2 Å². The first-order chi connectivity index (χ1) is 4.85. The van der Waals surface area contributed by atoms with Gasteiger partial charge in [-0.2, -0.15) is 0 Å². The fraction of sp³-hybridized carbons (Fsp3) is 0.714. The fourth-order valence-electron chi connectivity index (χ4n) is 0.539. The van der Waals surface area contributed by atoms with E-state index in [-0.39, 0.29) is 0 Å². The number of methoxy groups -OCH3 is 2. The van der Waals surface area contributed by atoms with Crippen LogP contribution in [-0.4, -0.2) is 32.8 Å². The van der Waals surface area contributed by atoms with Gasteiger partial charge in [-0.05, 0) is 5.57 Å². The summed E-state index contributed by atoms with van der Waals surface area (Å²) in [6.45, 7) is 1.33. The third-order valence-electron chi connectivity index (χ3n) is 1.04. The quantitative estimate of drug-likeness (QED) is 0.505. The van der Waals surface area contributed by atoms with E-state index in [4.69, 9.17) is 9.47 Å². The molecule has 0 aromatic heterocycles. The Morgan fingerprint density at radius 3 is 2.50 bits per heavy atom. The monoisotopic (exact) mass is 208 g/mol. The molecule has 0 N–H and O–H groups in total. The van der Waals surface area contributed by atoms with Crippen molar-refractivity contribution in [2.45, 2.75) is 0 Å². The van der Waals surface area contributed by atoms with Crippen LogP contribution in [0.4, 0.5) is 0 Å². The van der Waals surface area contributed by atoms with Gasteiger partial charge in [-0.1, -0.05) is 22.0 Å². The molecule has 0 fully saturated rings. The summed E-state index contributed by atoms with van der Waals surface area (Å²) in [5, 5.41) is 0.851. The van der Waals surface area contributed by atoms with E-state index in [0.29, 0.717) is 13.2 Å². The van der Waals surface area contributed by atoms with Gasteiger partial charge in [0.2, 0.25) is 0 Å². The first-order valence-electron chi connectivity index (χ1n) is 3.07. The van der Waals surface area contributed by atoms with Crippen molar-refractivity contribution >= 4 is 15.9 Å². The lowest BCUT2D eigenvalue weighted by Crippen LogP contribution is -1.97. The Kier molecular flexibility index (Phi) is 7.35. The molecule has 0 amide bonds. The van der Waals surface area contributed by atoms with Crippen LogP contribution in [-0.2, 0) is 9.47 Å². The van der Waals surface area contributed by atoms with Crippen molar-refractivity contribution in [2.75, 3.05) is 32.8 Å². The molecular weight excluding hydrogens is 196 g/mol. The van der Waals surface area contributed by atoms with E-state index in [1.165, 1.54) is 5.57 Å². The van der Waals surface area contributed by atoms with Crippen molar-refractivity contribution < 1.29 is 9.47 Å². The van der Waals surface area contributed by atoms with Crippen LogP contribution in [0.15, 0.2) is 11.6 Å². The molecule has 10 heavy (non-hydrogen) atoms. The smallest absolute Gasteiger partial charge is 0.0681 e. The largest absolute Gasteiger partial charge is 0.381 e. The highest BCUT2D eigenvalue weighted by molar-refractivity contribution is 9.09. The van der Waals surface area contributed by atoms with Gasteiger partial charge in [-0.15, -0.1) is 0 Å². The van der Waals surface area contributed by atoms with Gasteiger partial charge in [-0.3, -0.25) is 0 Å². The lowest BCUT2D eigenvalue weighted by atomic mass is 10.3.